The predicted octanol–water partition coefficient (Wildman–Crippen LogP) is -0.190. The molecular formula is C12H22N4O3S. The molecule has 0 spiro atoms. The van der Waals surface area contributed by atoms with E-state index < -0.39 is 10.2 Å². The first kappa shape index (κ1) is 15.4. The Balaban J connectivity index is 1.87. The highest BCUT2D eigenvalue weighted by molar-refractivity contribution is 7.87. The third-order valence-electron chi connectivity index (χ3n) is 3.54. The second-order valence-corrected chi connectivity index (χ2v) is 6.98. The molecule has 1 saturated heterocycles. The number of rotatable bonds is 6. The molecule has 0 saturated carbocycles. The number of aliphatic hydroxyl groups excluding tert-OH is 1. The molecule has 20 heavy (non-hydrogen) atoms. The van der Waals surface area contributed by atoms with Gasteiger partial charge >= 0.3 is 0 Å². The maximum absolute atomic E-state index is 12.2. The van der Waals surface area contributed by atoms with Gasteiger partial charge in [-0.2, -0.15) is 22.5 Å². The summed E-state index contributed by atoms with van der Waals surface area (Å²) < 4.78 is 30.3. The summed E-state index contributed by atoms with van der Waals surface area (Å²) >= 11 is 0. The van der Waals surface area contributed by atoms with Gasteiger partial charge in [0.15, 0.2) is 0 Å². The standard InChI is InChI=1S/C12H22N4O3S/c1-11(9-15-6-2-5-13-15)14-20(18,19)16-7-3-12(10-17)4-8-16/h2,5-6,11-12,14,17H,3-4,7-10H2,1H3. The summed E-state index contributed by atoms with van der Waals surface area (Å²) in [7, 11) is -3.46. The normalized spacial score (nSPS) is 20.1. The Labute approximate surface area is 119 Å². The molecule has 1 aromatic rings. The van der Waals surface area contributed by atoms with Crippen LogP contribution in [-0.2, 0) is 16.8 Å². The van der Waals surface area contributed by atoms with Crippen LogP contribution in [0.15, 0.2) is 18.5 Å². The lowest BCUT2D eigenvalue weighted by Gasteiger charge is -2.31. The summed E-state index contributed by atoms with van der Waals surface area (Å²) in [6.07, 6.45) is 4.90. The molecule has 2 N–H and O–H groups in total. The molecule has 0 bridgehead atoms. The Bertz CT molecular complexity index is 495. The van der Waals surface area contributed by atoms with E-state index in [1.807, 2.05) is 6.92 Å². The van der Waals surface area contributed by atoms with Gasteiger partial charge in [-0.25, -0.2) is 0 Å². The van der Waals surface area contributed by atoms with Crippen LogP contribution in [0.2, 0.25) is 0 Å². The van der Waals surface area contributed by atoms with E-state index in [-0.39, 0.29) is 18.6 Å². The van der Waals surface area contributed by atoms with Crippen molar-refractivity contribution in [2.45, 2.75) is 32.4 Å². The SMILES string of the molecule is CC(Cn1cccn1)NS(=O)(=O)N1CCC(CO)CC1. The molecular weight excluding hydrogens is 280 g/mol. The smallest absolute Gasteiger partial charge is 0.279 e. The van der Waals surface area contributed by atoms with E-state index >= 15 is 0 Å². The first-order valence-electron chi connectivity index (χ1n) is 6.87. The average molecular weight is 302 g/mol. The number of hydrogen-bond donors (Lipinski definition) is 2. The molecule has 8 heteroatoms. The lowest BCUT2D eigenvalue weighted by molar-refractivity contribution is 0.169. The predicted molar refractivity (Wildman–Crippen MR) is 75.1 cm³/mol. The maximum Gasteiger partial charge on any atom is 0.279 e. The van der Waals surface area contributed by atoms with Crippen molar-refractivity contribution in [3.05, 3.63) is 18.5 Å². The van der Waals surface area contributed by atoms with E-state index in [1.165, 1.54) is 4.31 Å². The highest BCUT2D eigenvalue weighted by Crippen LogP contribution is 2.18. The van der Waals surface area contributed by atoms with E-state index in [4.69, 9.17) is 5.11 Å². The molecule has 0 amide bonds. The zero-order valence-corrected chi connectivity index (χ0v) is 12.5. The van der Waals surface area contributed by atoms with Gasteiger partial charge in [-0.3, -0.25) is 4.68 Å². The summed E-state index contributed by atoms with van der Waals surface area (Å²) in [5.74, 6) is 0.225. The quantitative estimate of drug-likeness (QED) is 0.762. The van der Waals surface area contributed by atoms with E-state index in [2.05, 4.69) is 9.82 Å². The second kappa shape index (κ2) is 6.66. The van der Waals surface area contributed by atoms with E-state index in [1.54, 1.807) is 23.1 Å². The molecule has 7 nitrogen and oxygen atoms in total. The number of piperidine rings is 1. The summed E-state index contributed by atoms with van der Waals surface area (Å²) in [6, 6.07) is 1.58. The Morgan fingerprint density at radius 1 is 1.45 bits per heavy atom. The summed E-state index contributed by atoms with van der Waals surface area (Å²) in [4.78, 5) is 0. The molecule has 1 aliphatic rings. The largest absolute Gasteiger partial charge is 0.396 e. The Kier molecular flexibility index (Phi) is 5.14. The summed E-state index contributed by atoms with van der Waals surface area (Å²) in [6.45, 7) is 3.39. The van der Waals surface area contributed by atoms with Gasteiger partial charge in [-0.05, 0) is 31.7 Å². The van der Waals surface area contributed by atoms with E-state index in [0.29, 0.717) is 32.5 Å². The fourth-order valence-corrected chi connectivity index (χ4v) is 3.81. The zero-order chi connectivity index (χ0) is 14.6. The van der Waals surface area contributed by atoms with Crippen molar-refractivity contribution in [3.63, 3.8) is 0 Å². The minimum absolute atomic E-state index is 0.136. The molecule has 2 heterocycles. The van der Waals surface area contributed by atoms with Gasteiger partial charge in [0.1, 0.15) is 0 Å². The van der Waals surface area contributed by atoms with Crippen LogP contribution in [-0.4, -0.2) is 53.3 Å². The van der Waals surface area contributed by atoms with Crippen molar-refractivity contribution in [1.82, 2.24) is 18.8 Å². The Morgan fingerprint density at radius 2 is 2.15 bits per heavy atom. The van der Waals surface area contributed by atoms with Gasteiger partial charge < -0.3 is 5.11 Å². The maximum atomic E-state index is 12.2. The van der Waals surface area contributed by atoms with Crippen LogP contribution in [0.3, 0.4) is 0 Å². The van der Waals surface area contributed by atoms with Crippen LogP contribution in [0.5, 0.6) is 0 Å². The van der Waals surface area contributed by atoms with Crippen LogP contribution in [0.4, 0.5) is 0 Å². The number of nitrogens with zero attached hydrogens (tertiary/aromatic N) is 3. The van der Waals surface area contributed by atoms with Gasteiger partial charge in [0.05, 0.1) is 6.54 Å². The number of aliphatic hydroxyl groups is 1. The molecule has 1 unspecified atom stereocenters. The minimum atomic E-state index is -3.46. The van der Waals surface area contributed by atoms with Crippen molar-refractivity contribution < 1.29 is 13.5 Å². The Morgan fingerprint density at radius 3 is 2.70 bits per heavy atom. The molecule has 1 atom stereocenters. The van der Waals surface area contributed by atoms with Crippen LogP contribution in [0.25, 0.3) is 0 Å². The fraction of sp³-hybridized carbons (Fsp3) is 0.750. The molecule has 1 aromatic heterocycles. The van der Waals surface area contributed by atoms with Crippen molar-refractivity contribution >= 4 is 10.2 Å². The topological polar surface area (TPSA) is 87.5 Å². The van der Waals surface area contributed by atoms with Crippen LogP contribution in [0.1, 0.15) is 19.8 Å². The molecule has 114 valence electrons. The van der Waals surface area contributed by atoms with Gasteiger partial charge in [0, 0.05) is 38.1 Å². The number of hydrogen-bond acceptors (Lipinski definition) is 4. The van der Waals surface area contributed by atoms with Gasteiger partial charge in [0.25, 0.3) is 10.2 Å². The third-order valence-corrected chi connectivity index (χ3v) is 5.29. The highest BCUT2D eigenvalue weighted by atomic mass is 32.2. The summed E-state index contributed by atoms with van der Waals surface area (Å²) in [5, 5.41) is 13.1. The molecule has 0 aliphatic carbocycles. The monoisotopic (exact) mass is 302 g/mol. The summed E-state index contributed by atoms with van der Waals surface area (Å²) in [5.41, 5.74) is 0. The molecule has 0 aromatic carbocycles. The Hall–Kier alpha value is -0.960. The molecule has 1 fully saturated rings. The zero-order valence-electron chi connectivity index (χ0n) is 11.6. The van der Waals surface area contributed by atoms with Gasteiger partial charge in [-0.1, -0.05) is 0 Å². The van der Waals surface area contributed by atoms with Crippen molar-refractivity contribution in [1.29, 1.82) is 0 Å². The van der Waals surface area contributed by atoms with Crippen LogP contribution < -0.4 is 4.72 Å². The van der Waals surface area contributed by atoms with E-state index in [9.17, 15) is 8.42 Å². The van der Waals surface area contributed by atoms with E-state index in [0.717, 1.165) is 0 Å². The lowest BCUT2D eigenvalue weighted by atomic mass is 10.00. The number of aromatic nitrogens is 2. The molecule has 1 aliphatic heterocycles. The molecule has 2 rings (SSSR count). The van der Waals surface area contributed by atoms with Gasteiger partial charge in [-0.15, -0.1) is 0 Å². The fourth-order valence-electron chi connectivity index (χ4n) is 2.39. The minimum Gasteiger partial charge on any atom is -0.396 e. The highest BCUT2D eigenvalue weighted by Gasteiger charge is 2.28. The van der Waals surface area contributed by atoms with Crippen molar-refractivity contribution in [3.8, 4) is 0 Å². The first-order chi connectivity index (χ1) is 9.51. The van der Waals surface area contributed by atoms with Crippen LogP contribution >= 0.6 is 0 Å². The first-order valence-corrected chi connectivity index (χ1v) is 8.31. The third kappa shape index (κ3) is 4.02. The van der Waals surface area contributed by atoms with Crippen molar-refractivity contribution in [2.24, 2.45) is 5.92 Å². The van der Waals surface area contributed by atoms with Gasteiger partial charge in [0.2, 0.25) is 0 Å². The second-order valence-electron chi connectivity index (χ2n) is 5.28. The average Bonchev–Trinajstić information content (AvgIpc) is 2.91. The lowest BCUT2D eigenvalue weighted by Crippen LogP contribution is -2.48. The van der Waals surface area contributed by atoms with Crippen molar-refractivity contribution in [2.75, 3.05) is 19.7 Å². The molecule has 0 radical (unpaired) electrons. The number of nitrogens with one attached hydrogen (secondary N) is 1. The van der Waals surface area contributed by atoms with Crippen LogP contribution in [0, 0.1) is 5.92 Å².